The van der Waals surface area contributed by atoms with Crippen LogP contribution in [0.3, 0.4) is 0 Å². The summed E-state index contributed by atoms with van der Waals surface area (Å²) in [6, 6.07) is 5.68. The van der Waals surface area contributed by atoms with Gasteiger partial charge in [-0.05, 0) is 25.0 Å². The van der Waals surface area contributed by atoms with E-state index in [0.717, 1.165) is 22.7 Å². The standard InChI is InChI=1S/C18H17ClN4O6S3/c1-29-12-8-11(23(25)26)9-13-16(12)20-18(30-13)21-17(24)10-4-6-22(7-5-10)32(27,28)15-3-2-14(19)31-15/h2-3,8-10H,4-7H2,1H3,(H,20,21,24). The average molecular weight is 517 g/mol. The Bertz CT molecular complexity index is 1300. The number of carbonyl (C=O) groups is 1. The number of thiazole rings is 1. The monoisotopic (exact) mass is 516 g/mol. The molecule has 1 N–H and O–H groups in total. The number of benzene rings is 1. The molecule has 170 valence electrons. The Labute approximate surface area is 196 Å². The van der Waals surface area contributed by atoms with E-state index in [-0.39, 0.29) is 40.6 Å². The molecule has 1 fully saturated rings. The predicted octanol–water partition coefficient (Wildman–Crippen LogP) is 3.97. The maximum Gasteiger partial charge on any atom is 0.274 e. The number of fused-ring (bicyclic) bond motifs is 1. The van der Waals surface area contributed by atoms with E-state index in [1.807, 2.05) is 0 Å². The lowest BCUT2D eigenvalue weighted by Gasteiger charge is -2.29. The summed E-state index contributed by atoms with van der Waals surface area (Å²) in [4.78, 5) is 27.7. The molecule has 32 heavy (non-hydrogen) atoms. The minimum Gasteiger partial charge on any atom is -0.494 e. The molecule has 0 radical (unpaired) electrons. The fraction of sp³-hybridized carbons (Fsp3) is 0.333. The molecule has 1 aliphatic heterocycles. The van der Waals surface area contributed by atoms with E-state index in [1.165, 1.54) is 29.6 Å². The van der Waals surface area contributed by atoms with Crippen molar-refractivity contribution < 1.29 is 22.9 Å². The largest absolute Gasteiger partial charge is 0.494 e. The lowest BCUT2D eigenvalue weighted by molar-refractivity contribution is -0.384. The second-order valence-electron chi connectivity index (χ2n) is 7.00. The molecule has 1 aliphatic rings. The van der Waals surface area contributed by atoms with Crippen LogP contribution in [0.2, 0.25) is 4.34 Å². The van der Waals surface area contributed by atoms with Crippen LogP contribution in [0.1, 0.15) is 12.8 Å². The summed E-state index contributed by atoms with van der Waals surface area (Å²) in [6.07, 6.45) is 0.730. The highest BCUT2D eigenvalue weighted by Crippen LogP contribution is 2.37. The fourth-order valence-electron chi connectivity index (χ4n) is 3.43. The van der Waals surface area contributed by atoms with E-state index in [1.54, 1.807) is 6.07 Å². The zero-order chi connectivity index (χ0) is 23.0. The normalized spacial score (nSPS) is 15.7. The van der Waals surface area contributed by atoms with Crippen molar-refractivity contribution >= 4 is 71.2 Å². The number of nitrogens with one attached hydrogen (secondary N) is 1. The maximum atomic E-state index is 12.7. The topological polar surface area (TPSA) is 132 Å². The Kier molecular flexibility index (Phi) is 6.36. The van der Waals surface area contributed by atoms with Crippen LogP contribution in [0.15, 0.2) is 28.5 Å². The SMILES string of the molecule is COc1cc([N+](=O)[O-])cc2sc(NC(=O)C3CCN(S(=O)(=O)c4ccc(Cl)s4)CC3)nc12. The number of anilines is 1. The number of hydrogen-bond acceptors (Lipinski definition) is 9. The molecule has 0 saturated carbocycles. The number of methoxy groups -OCH3 is 1. The molecule has 0 bridgehead atoms. The fourth-order valence-corrected chi connectivity index (χ4v) is 7.46. The van der Waals surface area contributed by atoms with Gasteiger partial charge in [-0.3, -0.25) is 14.9 Å². The molecule has 0 spiro atoms. The van der Waals surface area contributed by atoms with Crippen LogP contribution in [0.25, 0.3) is 10.2 Å². The summed E-state index contributed by atoms with van der Waals surface area (Å²) < 4.78 is 33.1. The second-order valence-corrected chi connectivity index (χ2v) is 11.9. The average Bonchev–Trinajstić information content (AvgIpc) is 3.39. The highest BCUT2D eigenvalue weighted by molar-refractivity contribution is 7.91. The molecule has 3 aromatic rings. The van der Waals surface area contributed by atoms with Crippen molar-refractivity contribution in [3.8, 4) is 5.75 Å². The molecule has 1 aromatic carbocycles. The summed E-state index contributed by atoms with van der Waals surface area (Å²) in [5.41, 5.74) is 0.297. The van der Waals surface area contributed by atoms with Gasteiger partial charge in [0.2, 0.25) is 5.91 Å². The third-order valence-electron chi connectivity index (χ3n) is 5.07. The number of nitrogens with zero attached hydrogens (tertiary/aromatic N) is 3. The highest BCUT2D eigenvalue weighted by atomic mass is 35.5. The Morgan fingerprint density at radius 3 is 2.62 bits per heavy atom. The van der Waals surface area contributed by atoms with Crippen molar-refractivity contribution in [2.24, 2.45) is 5.92 Å². The molecule has 0 unspecified atom stereocenters. The van der Waals surface area contributed by atoms with Crippen LogP contribution in [-0.4, -0.2) is 48.7 Å². The molecular weight excluding hydrogens is 500 g/mol. The third kappa shape index (κ3) is 4.43. The molecule has 0 atom stereocenters. The number of ether oxygens (including phenoxy) is 1. The minimum absolute atomic E-state index is 0.128. The quantitative estimate of drug-likeness (QED) is 0.387. The zero-order valence-corrected chi connectivity index (χ0v) is 19.8. The molecule has 14 heteroatoms. The Hall–Kier alpha value is -2.32. The van der Waals surface area contributed by atoms with Crippen molar-refractivity contribution in [1.29, 1.82) is 0 Å². The number of sulfonamides is 1. The molecule has 4 rings (SSSR count). The van der Waals surface area contributed by atoms with Crippen LogP contribution in [-0.2, 0) is 14.8 Å². The van der Waals surface area contributed by atoms with Gasteiger partial charge in [-0.2, -0.15) is 4.31 Å². The van der Waals surface area contributed by atoms with Crippen LogP contribution < -0.4 is 10.1 Å². The van der Waals surface area contributed by atoms with Crippen LogP contribution in [0, 0.1) is 16.0 Å². The van der Waals surface area contributed by atoms with Crippen molar-refractivity contribution in [3.05, 3.63) is 38.7 Å². The van der Waals surface area contributed by atoms with Crippen LogP contribution in [0.5, 0.6) is 5.75 Å². The number of rotatable bonds is 6. The van der Waals surface area contributed by atoms with Gasteiger partial charge in [0, 0.05) is 25.1 Å². The van der Waals surface area contributed by atoms with E-state index >= 15 is 0 Å². The summed E-state index contributed by atoms with van der Waals surface area (Å²) in [5.74, 6) is -0.400. The summed E-state index contributed by atoms with van der Waals surface area (Å²) in [7, 11) is -2.24. The van der Waals surface area contributed by atoms with Gasteiger partial charge in [-0.15, -0.1) is 11.3 Å². The maximum absolute atomic E-state index is 12.7. The first-order chi connectivity index (χ1) is 15.2. The first-order valence-corrected chi connectivity index (χ1v) is 12.8. The Morgan fingerprint density at radius 2 is 2.03 bits per heavy atom. The van der Waals surface area contributed by atoms with Crippen molar-refractivity contribution in [1.82, 2.24) is 9.29 Å². The van der Waals surface area contributed by atoms with Crippen LogP contribution in [0.4, 0.5) is 10.8 Å². The van der Waals surface area contributed by atoms with E-state index in [0.29, 0.717) is 32.5 Å². The number of hydrogen-bond donors (Lipinski definition) is 1. The van der Waals surface area contributed by atoms with E-state index in [9.17, 15) is 23.3 Å². The smallest absolute Gasteiger partial charge is 0.274 e. The van der Waals surface area contributed by atoms with Gasteiger partial charge >= 0.3 is 0 Å². The van der Waals surface area contributed by atoms with Crippen molar-refractivity contribution in [2.45, 2.75) is 17.1 Å². The molecular formula is C18H17ClN4O6S3. The van der Waals surface area contributed by atoms with Gasteiger partial charge in [0.25, 0.3) is 15.7 Å². The number of nitro groups is 1. The molecule has 3 heterocycles. The Morgan fingerprint density at radius 1 is 1.31 bits per heavy atom. The van der Waals surface area contributed by atoms with Crippen LogP contribution >= 0.6 is 34.3 Å². The van der Waals surface area contributed by atoms with Gasteiger partial charge in [-0.1, -0.05) is 22.9 Å². The summed E-state index contributed by atoms with van der Waals surface area (Å²) >= 11 is 7.97. The number of amides is 1. The second kappa shape index (κ2) is 8.90. The zero-order valence-electron chi connectivity index (χ0n) is 16.6. The Balaban J connectivity index is 1.44. The summed E-state index contributed by atoms with van der Waals surface area (Å²) in [6.45, 7) is 0.436. The molecule has 1 amide bonds. The molecule has 10 nitrogen and oxygen atoms in total. The molecule has 0 aliphatic carbocycles. The predicted molar refractivity (Wildman–Crippen MR) is 122 cm³/mol. The van der Waals surface area contributed by atoms with Gasteiger partial charge in [-0.25, -0.2) is 13.4 Å². The van der Waals surface area contributed by atoms with E-state index in [4.69, 9.17) is 16.3 Å². The lowest BCUT2D eigenvalue weighted by Crippen LogP contribution is -2.41. The lowest BCUT2D eigenvalue weighted by atomic mass is 9.97. The number of non-ortho nitro benzene ring substituents is 1. The molecule has 2 aromatic heterocycles. The number of nitro benzene ring substituents is 1. The van der Waals surface area contributed by atoms with E-state index < -0.39 is 14.9 Å². The number of aromatic nitrogens is 1. The van der Waals surface area contributed by atoms with Gasteiger partial charge in [0.15, 0.2) is 10.9 Å². The van der Waals surface area contributed by atoms with Gasteiger partial charge in [0.1, 0.15) is 9.73 Å². The van der Waals surface area contributed by atoms with Gasteiger partial charge < -0.3 is 10.1 Å². The highest BCUT2D eigenvalue weighted by Gasteiger charge is 2.33. The first kappa shape index (κ1) is 22.9. The molecule has 1 saturated heterocycles. The number of thiophene rings is 1. The minimum atomic E-state index is -3.63. The van der Waals surface area contributed by atoms with Crippen molar-refractivity contribution in [2.75, 3.05) is 25.5 Å². The number of carbonyl (C=O) groups excluding carboxylic acids is 1. The first-order valence-electron chi connectivity index (χ1n) is 9.38. The van der Waals surface area contributed by atoms with E-state index in [2.05, 4.69) is 10.3 Å². The number of halogens is 1. The summed E-state index contributed by atoms with van der Waals surface area (Å²) in [5, 5.41) is 14.2. The van der Waals surface area contributed by atoms with Crippen molar-refractivity contribution in [3.63, 3.8) is 0 Å². The van der Waals surface area contributed by atoms with Gasteiger partial charge in [0.05, 0.1) is 27.1 Å². The third-order valence-corrected chi connectivity index (χ3v) is 9.59. The number of piperidine rings is 1.